The van der Waals surface area contributed by atoms with Crippen molar-refractivity contribution in [2.45, 2.75) is 39.2 Å². The van der Waals surface area contributed by atoms with Gasteiger partial charge in [0.1, 0.15) is 0 Å². The second-order valence-corrected chi connectivity index (χ2v) is 6.53. The molecular formula is C11H21NO4S. The normalized spacial score (nSPS) is 22.4. The van der Waals surface area contributed by atoms with E-state index in [-0.39, 0.29) is 23.6 Å². The van der Waals surface area contributed by atoms with Crippen molar-refractivity contribution in [1.82, 2.24) is 4.90 Å². The number of nitrogens with zero attached hydrogens (tertiary/aromatic N) is 1. The summed E-state index contributed by atoms with van der Waals surface area (Å²) < 4.78 is 27.8. The van der Waals surface area contributed by atoms with Gasteiger partial charge in [-0.3, -0.25) is 0 Å². The van der Waals surface area contributed by atoms with E-state index in [4.69, 9.17) is 4.74 Å². The summed E-state index contributed by atoms with van der Waals surface area (Å²) in [4.78, 5) is 13.3. The maximum absolute atomic E-state index is 11.8. The van der Waals surface area contributed by atoms with Crippen LogP contribution in [0.15, 0.2) is 0 Å². The van der Waals surface area contributed by atoms with Crippen molar-refractivity contribution in [3.8, 4) is 0 Å². The van der Waals surface area contributed by atoms with Gasteiger partial charge in [0.05, 0.1) is 18.1 Å². The third-order valence-corrected chi connectivity index (χ3v) is 4.65. The van der Waals surface area contributed by atoms with Gasteiger partial charge < -0.3 is 9.64 Å². The number of hydrogen-bond acceptors (Lipinski definition) is 4. The van der Waals surface area contributed by atoms with Gasteiger partial charge in [-0.2, -0.15) is 0 Å². The second-order valence-electron chi connectivity index (χ2n) is 4.30. The van der Waals surface area contributed by atoms with Crippen LogP contribution in [0.25, 0.3) is 0 Å². The number of carbonyl (C=O) groups is 1. The summed E-state index contributed by atoms with van der Waals surface area (Å²) >= 11 is 0. The molecule has 1 fully saturated rings. The Bertz CT molecular complexity index is 352. The van der Waals surface area contributed by atoms with Gasteiger partial charge in [0, 0.05) is 12.6 Å². The Hall–Kier alpha value is -0.780. The highest BCUT2D eigenvalue weighted by Gasteiger charge is 2.34. The fourth-order valence-corrected chi connectivity index (χ4v) is 3.71. The van der Waals surface area contributed by atoms with Crippen LogP contribution in [0.5, 0.6) is 0 Å². The smallest absolute Gasteiger partial charge is 0.410 e. The largest absolute Gasteiger partial charge is 0.450 e. The Morgan fingerprint density at radius 2 is 2.12 bits per heavy atom. The van der Waals surface area contributed by atoms with Crippen molar-refractivity contribution < 1.29 is 17.9 Å². The van der Waals surface area contributed by atoms with Crippen LogP contribution in [-0.4, -0.2) is 50.1 Å². The van der Waals surface area contributed by atoms with Crippen molar-refractivity contribution in [2.75, 3.05) is 24.7 Å². The highest BCUT2D eigenvalue weighted by atomic mass is 32.2. The molecule has 1 saturated heterocycles. The van der Waals surface area contributed by atoms with Crippen molar-refractivity contribution in [3.63, 3.8) is 0 Å². The van der Waals surface area contributed by atoms with Crippen LogP contribution in [-0.2, 0) is 14.6 Å². The van der Waals surface area contributed by atoms with Crippen LogP contribution in [0.3, 0.4) is 0 Å². The van der Waals surface area contributed by atoms with Crippen LogP contribution >= 0.6 is 0 Å². The first-order valence-corrected chi connectivity index (χ1v) is 7.96. The Labute approximate surface area is 103 Å². The summed E-state index contributed by atoms with van der Waals surface area (Å²) in [6.45, 7) is 4.69. The van der Waals surface area contributed by atoms with Gasteiger partial charge in [0.15, 0.2) is 9.84 Å². The number of ether oxygens (including phenoxy) is 1. The number of rotatable bonds is 5. The highest BCUT2D eigenvalue weighted by molar-refractivity contribution is 7.91. The summed E-state index contributed by atoms with van der Waals surface area (Å²) in [5, 5.41) is 0. The van der Waals surface area contributed by atoms with E-state index < -0.39 is 9.84 Å². The number of unbranched alkanes of at least 4 members (excludes halogenated alkanes) is 1. The topological polar surface area (TPSA) is 63.7 Å². The summed E-state index contributed by atoms with van der Waals surface area (Å²) in [5.41, 5.74) is 0. The predicted molar refractivity (Wildman–Crippen MR) is 65.7 cm³/mol. The zero-order valence-corrected chi connectivity index (χ0v) is 11.3. The molecule has 1 unspecified atom stereocenters. The molecule has 1 rings (SSSR count). The van der Waals surface area contributed by atoms with Crippen LogP contribution in [0.2, 0.25) is 0 Å². The fourth-order valence-electron chi connectivity index (χ4n) is 1.98. The standard InChI is InChI=1S/C11H21NO4S/c1-3-5-7-12(11(13)16-4-2)10-6-8-17(14,15)9-10/h10H,3-9H2,1-2H3. The fraction of sp³-hybridized carbons (Fsp3) is 0.909. The Balaban J connectivity index is 2.66. The molecule has 0 radical (unpaired) electrons. The number of hydrogen-bond donors (Lipinski definition) is 0. The maximum atomic E-state index is 11.8. The molecule has 0 saturated carbocycles. The molecular weight excluding hydrogens is 242 g/mol. The van der Waals surface area contributed by atoms with E-state index in [0.29, 0.717) is 19.6 Å². The minimum Gasteiger partial charge on any atom is -0.450 e. The molecule has 1 amide bonds. The lowest BCUT2D eigenvalue weighted by atomic mass is 10.2. The first-order chi connectivity index (χ1) is 8.00. The number of amides is 1. The molecule has 5 nitrogen and oxygen atoms in total. The van der Waals surface area contributed by atoms with Gasteiger partial charge in [-0.15, -0.1) is 0 Å². The van der Waals surface area contributed by atoms with Gasteiger partial charge in [0.2, 0.25) is 0 Å². The molecule has 0 bridgehead atoms. The summed E-state index contributed by atoms with van der Waals surface area (Å²) in [6.07, 6.45) is 1.98. The lowest BCUT2D eigenvalue weighted by molar-refractivity contribution is 0.0935. The highest BCUT2D eigenvalue weighted by Crippen LogP contribution is 2.19. The second kappa shape index (κ2) is 6.23. The monoisotopic (exact) mass is 263 g/mol. The summed E-state index contributed by atoms with van der Waals surface area (Å²) in [5.74, 6) is 0.259. The lowest BCUT2D eigenvalue weighted by Crippen LogP contribution is -2.42. The average molecular weight is 263 g/mol. The van der Waals surface area contributed by atoms with Crippen molar-refractivity contribution in [1.29, 1.82) is 0 Å². The lowest BCUT2D eigenvalue weighted by Gasteiger charge is -2.27. The van der Waals surface area contributed by atoms with Gasteiger partial charge in [0.25, 0.3) is 0 Å². The van der Waals surface area contributed by atoms with E-state index in [1.165, 1.54) is 0 Å². The van der Waals surface area contributed by atoms with Crippen LogP contribution in [0.1, 0.15) is 33.1 Å². The molecule has 0 aromatic heterocycles. The SMILES string of the molecule is CCCCN(C(=O)OCC)C1CCS(=O)(=O)C1. The molecule has 0 aromatic carbocycles. The molecule has 1 atom stereocenters. The Kier molecular flexibility index (Phi) is 5.24. The first kappa shape index (κ1) is 14.3. The molecule has 1 aliphatic heterocycles. The minimum absolute atomic E-state index is 0.0789. The van der Waals surface area contributed by atoms with Gasteiger partial charge in [-0.25, -0.2) is 13.2 Å². The van der Waals surface area contributed by atoms with Crippen molar-refractivity contribution >= 4 is 15.9 Å². The zero-order chi connectivity index (χ0) is 12.9. The molecule has 6 heteroatoms. The van der Waals surface area contributed by atoms with E-state index in [2.05, 4.69) is 0 Å². The molecule has 1 aliphatic rings. The minimum atomic E-state index is -2.96. The van der Waals surface area contributed by atoms with Crippen molar-refractivity contribution in [3.05, 3.63) is 0 Å². The maximum Gasteiger partial charge on any atom is 0.410 e. The Morgan fingerprint density at radius 1 is 1.41 bits per heavy atom. The molecule has 1 heterocycles. The quantitative estimate of drug-likeness (QED) is 0.752. The zero-order valence-electron chi connectivity index (χ0n) is 10.5. The van der Waals surface area contributed by atoms with Crippen LogP contribution in [0.4, 0.5) is 4.79 Å². The molecule has 0 aromatic rings. The molecule has 0 aliphatic carbocycles. The van der Waals surface area contributed by atoms with Gasteiger partial charge >= 0.3 is 6.09 Å². The molecule has 100 valence electrons. The van der Waals surface area contributed by atoms with E-state index in [0.717, 1.165) is 12.8 Å². The van der Waals surface area contributed by atoms with E-state index >= 15 is 0 Å². The average Bonchev–Trinajstić information content (AvgIpc) is 2.60. The third-order valence-electron chi connectivity index (χ3n) is 2.90. The van der Waals surface area contributed by atoms with E-state index in [1.807, 2.05) is 6.92 Å². The molecule has 0 spiro atoms. The summed E-state index contributed by atoms with van der Waals surface area (Å²) in [7, 11) is -2.96. The van der Waals surface area contributed by atoms with E-state index in [1.54, 1.807) is 11.8 Å². The summed E-state index contributed by atoms with van der Waals surface area (Å²) in [6, 6.07) is -0.203. The molecule has 17 heavy (non-hydrogen) atoms. The Morgan fingerprint density at radius 3 is 2.59 bits per heavy atom. The number of carbonyl (C=O) groups excluding carboxylic acids is 1. The van der Waals surface area contributed by atoms with Gasteiger partial charge in [-0.05, 0) is 19.8 Å². The number of sulfone groups is 1. The molecule has 0 N–H and O–H groups in total. The first-order valence-electron chi connectivity index (χ1n) is 6.14. The third kappa shape index (κ3) is 4.18. The van der Waals surface area contributed by atoms with Crippen LogP contribution < -0.4 is 0 Å². The van der Waals surface area contributed by atoms with Crippen LogP contribution in [0, 0.1) is 0 Å². The van der Waals surface area contributed by atoms with E-state index in [9.17, 15) is 13.2 Å². The van der Waals surface area contributed by atoms with Gasteiger partial charge in [-0.1, -0.05) is 13.3 Å². The predicted octanol–water partition coefficient (Wildman–Crippen LogP) is 1.43. The van der Waals surface area contributed by atoms with Crippen molar-refractivity contribution in [2.24, 2.45) is 0 Å².